The van der Waals surface area contributed by atoms with Crippen molar-refractivity contribution in [1.29, 1.82) is 5.26 Å². The quantitative estimate of drug-likeness (QED) is 0.475. The number of carbonyl (C=O) groups is 1. The average molecular weight is 271 g/mol. The first-order valence-corrected chi connectivity index (χ1v) is 6.75. The number of nitrogens with zero attached hydrogens (tertiary/aromatic N) is 1. The van der Waals surface area contributed by atoms with E-state index in [0.29, 0.717) is 5.92 Å². The van der Waals surface area contributed by atoms with Gasteiger partial charge >= 0.3 is 0 Å². The van der Waals surface area contributed by atoms with Crippen molar-refractivity contribution in [2.75, 3.05) is 11.9 Å². The van der Waals surface area contributed by atoms with E-state index in [9.17, 15) is 4.79 Å². The van der Waals surface area contributed by atoms with Gasteiger partial charge in [0.2, 0.25) is 0 Å². The van der Waals surface area contributed by atoms with Crippen molar-refractivity contribution in [3.05, 3.63) is 41.6 Å². The fraction of sp³-hybridized carbons (Fsp3) is 0.375. The summed E-state index contributed by atoms with van der Waals surface area (Å²) in [6.45, 7) is 6.91. The summed E-state index contributed by atoms with van der Waals surface area (Å²) in [5, 5.41) is 14.8. The second-order valence-electron chi connectivity index (χ2n) is 5.08. The molecule has 106 valence electrons. The molecule has 1 rings (SSSR count). The fourth-order valence-electron chi connectivity index (χ4n) is 1.60. The molecular weight excluding hydrogens is 250 g/mol. The van der Waals surface area contributed by atoms with Gasteiger partial charge < -0.3 is 10.6 Å². The number of hydrogen-bond acceptors (Lipinski definition) is 3. The third kappa shape index (κ3) is 5.15. The van der Waals surface area contributed by atoms with Gasteiger partial charge in [0.05, 0.1) is 0 Å². The normalized spacial score (nSPS) is 11.1. The van der Waals surface area contributed by atoms with Gasteiger partial charge in [0.25, 0.3) is 5.91 Å². The Morgan fingerprint density at radius 2 is 2.10 bits per heavy atom. The van der Waals surface area contributed by atoms with Crippen LogP contribution < -0.4 is 10.6 Å². The van der Waals surface area contributed by atoms with Crippen LogP contribution in [0, 0.1) is 24.2 Å². The van der Waals surface area contributed by atoms with Crippen LogP contribution in [0.25, 0.3) is 0 Å². The number of aryl methyl sites for hydroxylation is 1. The SMILES string of the molecule is Cc1ccccc1NC(=O)/C(C#N)=C\NCCC(C)C. The van der Waals surface area contributed by atoms with Gasteiger partial charge in [-0.3, -0.25) is 4.79 Å². The van der Waals surface area contributed by atoms with Gasteiger partial charge in [-0.2, -0.15) is 5.26 Å². The van der Waals surface area contributed by atoms with Crippen LogP contribution in [0.3, 0.4) is 0 Å². The fourth-order valence-corrected chi connectivity index (χ4v) is 1.60. The molecule has 0 aliphatic rings. The Bertz CT molecular complexity index is 527. The monoisotopic (exact) mass is 271 g/mol. The number of nitrogens with one attached hydrogen (secondary N) is 2. The Balaban J connectivity index is 2.62. The van der Waals surface area contributed by atoms with Gasteiger partial charge in [0.15, 0.2) is 0 Å². The molecule has 4 nitrogen and oxygen atoms in total. The molecule has 0 unspecified atom stereocenters. The molecule has 1 aromatic rings. The van der Waals surface area contributed by atoms with E-state index in [1.807, 2.05) is 37.3 Å². The lowest BCUT2D eigenvalue weighted by Gasteiger charge is -2.08. The molecule has 0 bridgehead atoms. The molecule has 0 atom stereocenters. The first-order chi connectivity index (χ1) is 9.54. The largest absolute Gasteiger partial charge is 0.390 e. The minimum absolute atomic E-state index is 0.0806. The number of rotatable bonds is 6. The number of carbonyl (C=O) groups excluding carboxylic acids is 1. The summed E-state index contributed by atoms with van der Waals surface area (Å²) in [7, 11) is 0. The Hall–Kier alpha value is -2.28. The van der Waals surface area contributed by atoms with Crippen LogP contribution in [-0.4, -0.2) is 12.5 Å². The van der Waals surface area contributed by atoms with Crippen LogP contribution in [0.2, 0.25) is 0 Å². The van der Waals surface area contributed by atoms with Gasteiger partial charge in [-0.1, -0.05) is 32.0 Å². The molecule has 0 saturated heterocycles. The molecule has 0 aliphatic carbocycles. The number of para-hydroxylation sites is 1. The predicted octanol–water partition coefficient (Wildman–Crippen LogP) is 2.98. The van der Waals surface area contributed by atoms with E-state index in [1.54, 1.807) is 0 Å². The number of hydrogen-bond donors (Lipinski definition) is 2. The lowest BCUT2D eigenvalue weighted by atomic mass is 10.1. The molecule has 0 fully saturated rings. The maximum Gasteiger partial charge on any atom is 0.267 e. The highest BCUT2D eigenvalue weighted by Crippen LogP contribution is 2.13. The van der Waals surface area contributed by atoms with Crippen molar-refractivity contribution in [3.8, 4) is 6.07 Å². The molecule has 0 radical (unpaired) electrons. The third-order valence-corrected chi connectivity index (χ3v) is 2.87. The Labute approximate surface area is 120 Å². The van der Waals surface area contributed by atoms with E-state index in [2.05, 4.69) is 24.5 Å². The van der Waals surface area contributed by atoms with Gasteiger partial charge in [0.1, 0.15) is 11.6 Å². The van der Waals surface area contributed by atoms with E-state index in [0.717, 1.165) is 24.2 Å². The van der Waals surface area contributed by atoms with Gasteiger partial charge in [0, 0.05) is 18.4 Å². The zero-order chi connectivity index (χ0) is 15.0. The van der Waals surface area contributed by atoms with Crippen molar-refractivity contribution in [2.45, 2.75) is 27.2 Å². The van der Waals surface area contributed by atoms with E-state index in [1.165, 1.54) is 6.20 Å². The minimum atomic E-state index is -0.390. The van der Waals surface area contributed by atoms with E-state index in [4.69, 9.17) is 5.26 Å². The smallest absolute Gasteiger partial charge is 0.267 e. The number of amides is 1. The molecule has 0 heterocycles. The van der Waals surface area contributed by atoms with Crippen LogP contribution in [-0.2, 0) is 4.79 Å². The molecule has 0 saturated carbocycles. The first-order valence-electron chi connectivity index (χ1n) is 6.75. The predicted molar refractivity (Wildman–Crippen MR) is 81.0 cm³/mol. The highest BCUT2D eigenvalue weighted by molar-refractivity contribution is 6.06. The molecule has 0 aromatic heterocycles. The summed E-state index contributed by atoms with van der Waals surface area (Å²) in [5.74, 6) is 0.195. The van der Waals surface area contributed by atoms with Crippen LogP contribution in [0.5, 0.6) is 0 Å². The topological polar surface area (TPSA) is 64.9 Å². The second kappa shape index (κ2) is 8.00. The van der Waals surface area contributed by atoms with Crippen molar-refractivity contribution in [2.24, 2.45) is 5.92 Å². The minimum Gasteiger partial charge on any atom is -0.390 e. The van der Waals surface area contributed by atoms with Crippen molar-refractivity contribution >= 4 is 11.6 Å². The Morgan fingerprint density at radius 3 is 2.70 bits per heavy atom. The maximum absolute atomic E-state index is 12.0. The lowest BCUT2D eigenvalue weighted by molar-refractivity contribution is -0.112. The first kappa shape index (κ1) is 15.8. The molecule has 2 N–H and O–H groups in total. The zero-order valence-corrected chi connectivity index (χ0v) is 12.2. The van der Waals surface area contributed by atoms with Crippen molar-refractivity contribution < 1.29 is 4.79 Å². The molecule has 20 heavy (non-hydrogen) atoms. The standard InChI is InChI=1S/C16H21N3O/c1-12(2)8-9-18-11-14(10-17)16(20)19-15-7-5-4-6-13(15)3/h4-7,11-12,18H,8-9H2,1-3H3,(H,19,20)/b14-11-. The van der Waals surface area contributed by atoms with Crippen LogP contribution in [0.4, 0.5) is 5.69 Å². The molecule has 1 amide bonds. The molecule has 4 heteroatoms. The summed E-state index contributed by atoms with van der Waals surface area (Å²) in [4.78, 5) is 12.0. The second-order valence-corrected chi connectivity index (χ2v) is 5.08. The summed E-state index contributed by atoms with van der Waals surface area (Å²) in [5.41, 5.74) is 1.77. The summed E-state index contributed by atoms with van der Waals surface area (Å²) in [6, 6.07) is 9.39. The molecule has 1 aromatic carbocycles. The summed E-state index contributed by atoms with van der Waals surface area (Å²) in [6.07, 6.45) is 2.48. The zero-order valence-electron chi connectivity index (χ0n) is 12.2. The van der Waals surface area contributed by atoms with Crippen LogP contribution >= 0.6 is 0 Å². The third-order valence-electron chi connectivity index (χ3n) is 2.87. The van der Waals surface area contributed by atoms with Gasteiger partial charge in [-0.25, -0.2) is 0 Å². The highest BCUT2D eigenvalue weighted by atomic mass is 16.1. The van der Waals surface area contributed by atoms with Gasteiger partial charge in [-0.05, 0) is 30.9 Å². The Kier molecular flexibility index (Phi) is 6.31. The number of anilines is 1. The molecular formula is C16H21N3O. The van der Waals surface area contributed by atoms with Gasteiger partial charge in [-0.15, -0.1) is 0 Å². The summed E-state index contributed by atoms with van der Waals surface area (Å²) < 4.78 is 0. The van der Waals surface area contributed by atoms with E-state index >= 15 is 0 Å². The Morgan fingerprint density at radius 1 is 1.40 bits per heavy atom. The van der Waals surface area contributed by atoms with E-state index < -0.39 is 0 Å². The van der Waals surface area contributed by atoms with E-state index in [-0.39, 0.29) is 11.5 Å². The number of benzene rings is 1. The lowest BCUT2D eigenvalue weighted by Crippen LogP contribution is -2.18. The summed E-state index contributed by atoms with van der Waals surface area (Å²) >= 11 is 0. The molecule has 0 aliphatic heterocycles. The maximum atomic E-state index is 12.0. The average Bonchev–Trinajstić information content (AvgIpc) is 2.41. The highest BCUT2D eigenvalue weighted by Gasteiger charge is 2.09. The van der Waals surface area contributed by atoms with Crippen molar-refractivity contribution in [3.63, 3.8) is 0 Å². The van der Waals surface area contributed by atoms with Crippen LogP contribution in [0.15, 0.2) is 36.0 Å². The molecule has 0 spiro atoms. The van der Waals surface area contributed by atoms with Crippen molar-refractivity contribution in [1.82, 2.24) is 5.32 Å². The number of nitriles is 1. The van der Waals surface area contributed by atoms with Crippen LogP contribution in [0.1, 0.15) is 25.8 Å².